The monoisotopic (exact) mass is 473 g/mol. The summed E-state index contributed by atoms with van der Waals surface area (Å²) >= 11 is 0. The lowest BCUT2D eigenvalue weighted by molar-refractivity contribution is -0.143. The van der Waals surface area contributed by atoms with Crippen LogP contribution >= 0.6 is 0 Å². The number of hydrogen-bond donors (Lipinski definition) is 7. The third-order valence-corrected chi connectivity index (χ3v) is 5.48. The first kappa shape index (κ1) is 30.8. The summed E-state index contributed by atoms with van der Waals surface area (Å²) in [5.74, 6) is -3.28. The van der Waals surface area contributed by atoms with Crippen molar-refractivity contribution in [2.24, 2.45) is 23.3 Å². The van der Waals surface area contributed by atoms with Crippen LogP contribution in [0, 0.1) is 11.8 Å². The standard InChI is InChI=1S/C22H43N5O6/c1-6-13(4)17(26-19(29)15(24)11-12(2)3)20(30)27-18(14(5)28)21(31)25-16(22(32)33)9-7-8-10-23/h12-18,28H,6-11,23-24H2,1-5H3,(H,25,31)(H,26,29)(H,27,30)(H,32,33). The summed E-state index contributed by atoms with van der Waals surface area (Å²) in [6.07, 6.45) is 0.969. The van der Waals surface area contributed by atoms with Crippen LogP contribution in [0.2, 0.25) is 0 Å². The van der Waals surface area contributed by atoms with Gasteiger partial charge in [-0.25, -0.2) is 4.79 Å². The molecule has 6 atom stereocenters. The first-order valence-electron chi connectivity index (χ1n) is 11.6. The van der Waals surface area contributed by atoms with E-state index in [2.05, 4.69) is 16.0 Å². The predicted molar refractivity (Wildman–Crippen MR) is 125 cm³/mol. The average Bonchev–Trinajstić information content (AvgIpc) is 2.73. The number of hydrogen-bond acceptors (Lipinski definition) is 7. The second kappa shape index (κ2) is 15.6. The van der Waals surface area contributed by atoms with Crippen molar-refractivity contribution in [2.45, 2.75) is 97.0 Å². The third kappa shape index (κ3) is 11.4. The van der Waals surface area contributed by atoms with Crippen molar-refractivity contribution in [3.63, 3.8) is 0 Å². The van der Waals surface area contributed by atoms with E-state index < -0.39 is 54.0 Å². The van der Waals surface area contributed by atoms with Crippen LogP contribution in [0.4, 0.5) is 0 Å². The highest BCUT2D eigenvalue weighted by molar-refractivity contribution is 5.94. The topological polar surface area (TPSA) is 197 Å². The highest BCUT2D eigenvalue weighted by atomic mass is 16.4. The molecule has 33 heavy (non-hydrogen) atoms. The van der Waals surface area contributed by atoms with Gasteiger partial charge < -0.3 is 37.6 Å². The van der Waals surface area contributed by atoms with Crippen LogP contribution in [0.25, 0.3) is 0 Å². The third-order valence-electron chi connectivity index (χ3n) is 5.48. The van der Waals surface area contributed by atoms with Gasteiger partial charge in [0.1, 0.15) is 18.1 Å². The smallest absolute Gasteiger partial charge is 0.326 e. The van der Waals surface area contributed by atoms with Crippen LogP contribution in [-0.2, 0) is 19.2 Å². The lowest BCUT2D eigenvalue weighted by Gasteiger charge is -2.29. The van der Waals surface area contributed by atoms with Gasteiger partial charge in [0.15, 0.2) is 0 Å². The van der Waals surface area contributed by atoms with Gasteiger partial charge in [-0.15, -0.1) is 0 Å². The van der Waals surface area contributed by atoms with Crippen molar-refractivity contribution in [3.05, 3.63) is 0 Å². The number of aliphatic carboxylic acids is 1. The Morgan fingerprint density at radius 1 is 0.879 bits per heavy atom. The zero-order chi connectivity index (χ0) is 25.7. The molecular weight excluding hydrogens is 430 g/mol. The van der Waals surface area contributed by atoms with Crippen LogP contribution < -0.4 is 27.4 Å². The molecule has 0 heterocycles. The van der Waals surface area contributed by atoms with Crippen molar-refractivity contribution in [2.75, 3.05) is 6.54 Å². The minimum atomic E-state index is -1.40. The molecule has 0 rings (SSSR count). The molecule has 0 radical (unpaired) electrons. The molecule has 0 saturated carbocycles. The summed E-state index contributed by atoms with van der Waals surface area (Å²) in [5, 5.41) is 26.9. The van der Waals surface area contributed by atoms with Crippen LogP contribution in [0.15, 0.2) is 0 Å². The summed E-state index contributed by atoms with van der Waals surface area (Å²) in [7, 11) is 0. The molecule has 0 aromatic heterocycles. The maximum atomic E-state index is 13.0. The lowest BCUT2D eigenvalue weighted by Crippen LogP contribution is -2.61. The predicted octanol–water partition coefficient (Wildman–Crippen LogP) is -0.545. The molecule has 0 saturated heterocycles. The minimum Gasteiger partial charge on any atom is -0.480 e. The van der Waals surface area contributed by atoms with Crippen LogP contribution in [0.3, 0.4) is 0 Å². The van der Waals surface area contributed by atoms with E-state index in [0.29, 0.717) is 32.2 Å². The van der Waals surface area contributed by atoms with Crippen molar-refractivity contribution in [1.29, 1.82) is 0 Å². The molecule has 0 aromatic rings. The molecular formula is C22H43N5O6. The fraction of sp³-hybridized carbons (Fsp3) is 0.818. The molecule has 0 bridgehead atoms. The van der Waals surface area contributed by atoms with E-state index in [1.807, 2.05) is 20.8 Å². The number of unbranched alkanes of at least 4 members (excludes halogenated alkanes) is 1. The van der Waals surface area contributed by atoms with Crippen molar-refractivity contribution in [1.82, 2.24) is 16.0 Å². The van der Waals surface area contributed by atoms with E-state index in [-0.39, 0.29) is 18.3 Å². The van der Waals surface area contributed by atoms with Gasteiger partial charge in [-0.1, -0.05) is 34.1 Å². The normalized spacial score (nSPS) is 16.8. The lowest BCUT2D eigenvalue weighted by atomic mass is 9.96. The Labute approximate surface area is 196 Å². The SMILES string of the molecule is CCC(C)C(NC(=O)C(N)CC(C)C)C(=O)NC(C(=O)NC(CCCCN)C(=O)O)C(C)O. The number of nitrogens with one attached hydrogen (secondary N) is 3. The van der Waals surface area contributed by atoms with Crippen LogP contribution in [-0.4, -0.2) is 70.7 Å². The molecule has 6 unspecified atom stereocenters. The molecule has 11 heteroatoms. The number of carbonyl (C=O) groups excluding carboxylic acids is 3. The van der Waals surface area contributed by atoms with Gasteiger partial charge in [-0.3, -0.25) is 14.4 Å². The minimum absolute atomic E-state index is 0.165. The number of carboxylic acid groups (broad SMARTS) is 1. The molecule has 192 valence electrons. The highest BCUT2D eigenvalue weighted by Crippen LogP contribution is 2.11. The van der Waals surface area contributed by atoms with Gasteiger partial charge in [0.25, 0.3) is 0 Å². The zero-order valence-electron chi connectivity index (χ0n) is 20.5. The quantitative estimate of drug-likeness (QED) is 0.145. The molecule has 0 aliphatic heterocycles. The molecule has 0 aliphatic rings. The fourth-order valence-electron chi connectivity index (χ4n) is 3.24. The van der Waals surface area contributed by atoms with Crippen molar-refractivity contribution in [3.8, 4) is 0 Å². The number of aliphatic hydroxyl groups excluding tert-OH is 1. The van der Waals surface area contributed by atoms with E-state index in [1.165, 1.54) is 6.92 Å². The fourth-order valence-corrected chi connectivity index (χ4v) is 3.24. The second-order valence-electron chi connectivity index (χ2n) is 9.02. The Morgan fingerprint density at radius 3 is 1.88 bits per heavy atom. The first-order chi connectivity index (χ1) is 15.3. The molecule has 0 aliphatic carbocycles. The van der Waals surface area contributed by atoms with Gasteiger partial charge in [0, 0.05) is 0 Å². The first-order valence-corrected chi connectivity index (χ1v) is 11.6. The van der Waals surface area contributed by atoms with Crippen molar-refractivity contribution < 1.29 is 29.4 Å². The Hall–Kier alpha value is -2.24. The van der Waals surface area contributed by atoms with Crippen LogP contribution in [0.1, 0.15) is 66.7 Å². The van der Waals surface area contributed by atoms with Gasteiger partial charge in [0.05, 0.1) is 12.1 Å². The van der Waals surface area contributed by atoms with Gasteiger partial charge in [-0.2, -0.15) is 0 Å². The molecule has 3 amide bonds. The Bertz CT molecular complexity index is 643. The molecule has 11 nitrogen and oxygen atoms in total. The molecule has 0 spiro atoms. The van der Waals surface area contributed by atoms with E-state index in [9.17, 15) is 29.4 Å². The largest absolute Gasteiger partial charge is 0.480 e. The van der Waals surface area contributed by atoms with E-state index in [1.54, 1.807) is 6.92 Å². The average molecular weight is 474 g/mol. The summed E-state index contributed by atoms with van der Waals surface area (Å²) in [5.41, 5.74) is 11.4. The number of nitrogens with two attached hydrogens (primary N) is 2. The number of aliphatic hydroxyl groups is 1. The second-order valence-corrected chi connectivity index (χ2v) is 9.02. The number of carboxylic acids is 1. The maximum Gasteiger partial charge on any atom is 0.326 e. The molecule has 9 N–H and O–H groups in total. The Morgan fingerprint density at radius 2 is 1.42 bits per heavy atom. The summed E-state index contributed by atoms with van der Waals surface area (Å²) < 4.78 is 0. The molecule has 0 aromatic carbocycles. The Kier molecular flexibility index (Phi) is 14.5. The number of carbonyl (C=O) groups is 4. The maximum absolute atomic E-state index is 13.0. The number of amides is 3. The molecule has 0 fully saturated rings. The summed E-state index contributed by atoms with van der Waals surface area (Å²) in [4.78, 5) is 49.7. The Balaban J connectivity index is 5.40. The van der Waals surface area contributed by atoms with Crippen molar-refractivity contribution >= 4 is 23.7 Å². The van der Waals surface area contributed by atoms with E-state index >= 15 is 0 Å². The van der Waals surface area contributed by atoms with Gasteiger partial charge in [0.2, 0.25) is 17.7 Å². The van der Waals surface area contributed by atoms with E-state index in [0.717, 1.165) is 0 Å². The zero-order valence-corrected chi connectivity index (χ0v) is 20.5. The highest BCUT2D eigenvalue weighted by Gasteiger charge is 2.34. The summed E-state index contributed by atoms with van der Waals surface area (Å²) in [6, 6.07) is -4.34. The van der Waals surface area contributed by atoms with Gasteiger partial charge in [-0.05, 0) is 51.0 Å². The van der Waals surface area contributed by atoms with E-state index in [4.69, 9.17) is 11.5 Å². The number of rotatable bonds is 16. The van der Waals surface area contributed by atoms with Crippen LogP contribution in [0.5, 0.6) is 0 Å². The summed E-state index contributed by atoms with van der Waals surface area (Å²) in [6.45, 7) is 9.19. The van der Waals surface area contributed by atoms with Gasteiger partial charge >= 0.3 is 5.97 Å².